The minimum absolute atomic E-state index is 0.215. The van der Waals surface area contributed by atoms with Gasteiger partial charge in [-0.05, 0) is 20.8 Å². The molecule has 1 saturated heterocycles. The molecule has 0 spiro atoms. The normalized spacial score (nSPS) is 18.6. The van der Waals surface area contributed by atoms with Crippen molar-refractivity contribution in [3.05, 3.63) is 0 Å². The van der Waals surface area contributed by atoms with Crippen LogP contribution in [0.1, 0.15) is 27.2 Å². The Labute approximate surface area is 108 Å². The lowest BCUT2D eigenvalue weighted by molar-refractivity contribution is -0.206. The first kappa shape index (κ1) is 14.9. The Morgan fingerprint density at radius 3 is 2.17 bits per heavy atom. The number of hydrogen-bond donors (Lipinski definition) is 1. The standard InChI is InChI=1S/C12H23N3O3/c1-12(2,3)11(17)18-15-8-6-14(7-9-15)5-4-10(13)16/h4-9H2,1-3H3,(H2,13,16). The number of nitrogens with zero attached hydrogens (tertiary/aromatic N) is 2. The minimum atomic E-state index is -0.483. The summed E-state index contributed by atoms with van der Waals surface area (Å²) in [5.41, 5.74) is 4.62. The number of carbonyl (C=O) groups is 2. The Kier molecular flexibility index (Phi) is 5.10. The maximum absolute atomic E-state index is 11.7. The van der Waals surface area contributed by atoms with E-state index in [1.165, 1.54) is 0 Å². The van der Waals surface area contributed by atoms with Crippen LogP contribution in [0, 0.1) is 5.41 Å². The topological polar surface area (TPSA) is 75.9 Å². The number of carbonyl (C=O) groups excluding carboxylic acids is 2. The molecule has 6 nitrogen and oxygen atoms in total. The van der Waals surface area contributed by atoms with E-state index in [2.05, 4.69) is 4.90 Å². The van der Waals surface area contributed by atoms with E-state index in [4.69, 9.17) is 10.6 Å². The van der Waals surface area contributed by atoms with Crippen LogP contribution in [0.2, 0.25) is 0 Å². The molecule has 0 bridgehead atoms. The lowest BCUT2D eigenvalue weighted by atomic mass is 9.98. The maximum Gasteiger partial charge on any atom is 0.330 e. The monoisotopic (exact) mass is 257 g/mol. The summed E-state index contributed by atoms with van der Waals surface area (Å²) in [4.78, 5) is 29.8. The average molecular weight is 257 g/mol. The molecule has 104 valence electrons. The summed E-state index contributed by atoms with van der Waals surface area (Å²) in [6.07, 6.45) is 0.377. The number of rotatable bonds is 4. The molecule has 0 saturated carbocycles. The molecule has 0 radical (unpaired) electrons. The fourth-order valence-corrected chi connectivity index (χ4v) is 1.57. The van der Waals surface area contributed by atoms with Crippen LogP contribution in [-0.2, 0) is 14.4 Å². The number of piperazine rings is 1. The first-order valence-electron chi connectivity index (χ1n) is 6.27. The van der Waals surface area contributed by atoms with Crippen molar-refractivity contribution in [2.75, 3.05) is 32.7 Å². The van der Waals surface area contributed by atoms with Gasteiger partial charge in [0.25, 0.3) is 0 Å². The first-order valence-corrected chi connectivity index (χ1v) is 6.27. The summed E-state index contributed by atoms with van der Waals surface area (Å²) in [7, 11) is 0. The first-order chi connectivity index (χ1) is 8.29. The van der Waals surface area contributed by atoms with E-state index in [9.17, 15) is 9.59 Å². The largest absolute Gasteiger partial charge is 0.370 e. The van der Waals surface area contributed by atoms with E-state index in [0.717, 1.165) is 13.1 Å². The molecule has 18 heavy (non-hydrogen) atoms. The predicted molar refractivity (Wildman–Crippen MR) is 67.4 cm³/mol. The molecule has 0 aromatic rings. The second-order valence-electron chi connectivity index (χ2n) is 5.62. The Morgan fingerprint density at radius 1 is 1.17 bits per heavy atom. The molecule has 0 aromatic carbocycles. The molecule has 1 fully saturated rings. The van der Waals surface area contributed by atoms with Crippen molar-refractivity contribution in [3.63, 3.8) is 0 Å². The van der Waals surface area contributed by atoms with Crippen LogP contribution in [0.5, 0.6) is 0 Å². The second-order valence-corrected chi connectivity index (χ2v) is 5.62. The zero-order valence-electron chi connectivity index (χ0n) is 11.4. The zero-order valence-corrected chi connectivity index (χ0v) is 11.4. The molecule has 0 aliphatic carbocycles. The zero-order chi connectivity index (χ0) is 13.8. The van der Waals surface area contributed by atoms with Crippen LogP contribution in [-0.4, -0.2) is 54.6 Å². The van der Waals surface area contributed by atoms with Crippen LogP contribution in [0.15, 0.2) is 0 Å². The van der Waals surface area contributed by atoms with Gasteiger partial charge in [0.1, 0.15) is 0 Å². The van der Waals surface area contributed by atoms with Gasteiger partial charge in [0.05, 0.1) is 5.41 Å². The molecular weight excluding hydrogens is 234 g/mol. The third-order valence-corrected chi connectivity index (χ3v) is 2.83. The molecule has 2 N–H and O–H groups in total. The van der Waals surface area contributed by atoms with Crippen molar-refractivity contribution in [2.45, 2.75) is 27.2 Å². The van der Waals surface area contributed by atoms with Crippen molar-refractivity contribution in [1.29, 1.82) is 0 Å². The molecule has 0 unspecified atom stereocenters. The van der Waals surface area contributed by atoms with E-state index in [0.29, 0.717) is 26.1 Å². The number of primary amides is 1. The van der Waals surface area contributed by atoms with Crippen molar-refractivity contribution >= 4 is 11.9 Å². The van der Waals surface area contributed by atoms with E-state index >= 15 is 0 Å². The molecule has 1 amide bonds. The smallest absolute Gasteiger partial charge is 0.330 e. The van der Waals surface area contributed by atoms with E-state index < -0.39 is 5.41 Å². The summed E-state index contributed by atoms with van der Waals surface area (Å²) in [5.74, 6) is -0.496. The molecule has 0 aromatic heterocycles. The molecule has 1 heterocycles. The Hall–Kier alpha value is -1.14. The van der Waals surface area contributed by atoms with Gasteiger partial charge < -0.3 is 15.5 Å². The lowest BCUT2D eigenvalue weighted by Crippen LogP contribution is -2.48. The molecule has 1 rings (SSSR count). The number of hydroxylamine groups is 2. The quantitative estimate of drug-likeness (QED) is 0.766. The van der Waals surface area contributed by atoms with Crippen molar-refractivity contribution < 1.29 is 14.4 Å². The Bertz CT molecular complexity index is 304. The van der Waals surface area contributed by atoms with Gasteiger partial charge in [-0.15, -0.1) is 5.06 Å². The SMILES string of the molecule is CC(C)(C)C(=O)ON1CCN(CCC(N)=O)CC1. The summed E-state index contributed by atoms with van der Waals surface area (Å²) in [5, 5.41) is 1.69. The van der Waals surface area contributed by atoms with Crippen LogP contribution < -0.4 is 5.73 Å². The van der Waals surface area contributed by atoms with Gasteiger partial charge in [0.15, 0.2) is 0 Å². The Morgan fingerprint density at radius 2 is 1.72 bits per heavy atom. The van der Waals surface area contributed by atoms with Crippen molar-refractivity contribution in [1.82, 2.24) is 9.96 Å². The molecule has 0 atom stereocenters. The van der Waals surface area contributed by atoms with Crippen molar-refractivity contribution in [3.8, 4) is 0 Å². The fourth-order valence-electron chi connectivity index (χ4n) is 1.57. The number of hydrogen-bond acceptors (Lipinski definition) is 5. The van der Waals surface area contributed by atoms with Gasteiger partial charge in [0, 0.05) is 39.1 Å². The fraction of sp³-hybridized carbons (Fsp3) is 0.833. The van der Waals surface area contributed by atoms with Crippen molar-refractivity contribution in [2.24, 2.45) is 11.1 Å². The highest BCUT2D eigenvalue weighted by Gasteiger charge is 2.27. The Balaban J connectivity index is 2.27. The van der Waals surface area contributed by atoms with Crippen LogP contribution in [0.4, 0.5) is 0 Å². The van der Waals surface area contributed by atoms with Gasteiger partial charge >= 0.3 is 5.97 Å². The summed E-state index contributed by atoms with van der Waals surface area (Å²) >= 11 is 0. The van der Waals surface area contributed by atoms with E-state index in [-0.39, 0.29) is 11.9 Å². The predicted octanol–water partition coefficient (Wildman–Crippen LogP) is -0.0163. The number of nitrogens with two attached hydrogens (primary N) is 1. The van der Waals surface area contributed by atoms with Gasteiger partial charge in [-0.2, -0.15) is 0 Å². The third kappa shape index (κ3) is 5.01. The van der Waals surface area contributed by atoms with Crippen LogP contribution in [0.25, 0.3) is 0 Å². The highest BCUT2D eigenvalue weighted by Crippen LogP contribution is 2.16. The van der Waals surface area contributed by atoms with Crippen LogP contribution in [0.3, 0.4) is 0 Å². The molecule has 6 heteroatoms. The summed E-state index contributed by atoms with van der Waals surface area (Å²) in [6, 6.07) is 0. The molecule has 1 aliphatic rings. The highest BCUT2D eigenvalue weighted by atomic mass is 16.7. The third-order valence-electron chi connectivity index (χ3n) is 2.83. The number of amides is 1. The molecule has 1 aliphatic heterocycles. The summed E-state index contributed by atoms with van der Waals surface area (Å²) in [6.45, 7) is 9.07. The van der Waals surface area contributed by atoms with Gasteiger partial charge in [-0.25, -0.2) is 4.79 Å². The minimum Gasteiger partial charge on any atom is -0.370 e. The van der Waals surface area contributed by atoms with Gasteiger partial charge in [-0.1, -0.05) is 0 Å². The lowest BCUT2D eigenvalue weighted by Gasteiger charge is -2.34. The van der Waals surface area contributed by atoms with Gasteiger partial charge in [-0.3, -0.25) is 4.79 Å². The summed E-state index contributed by atoms with van der Waals surface area (Å²) < 4.78 is 0. The second kappa shape index (κ2) is 6.15. The maximum atomic E-state index is 11.7. The van der Waals surface area contributed by atoms with E-state index in [1.54, 1.807) is 5.06 Å². The van der Waals surface area contributed by atoms with Crippen LogP contribution >= 0.6 is 0 Å². The van der Waals surface area contributed by atoms with Gasteiger partial charge in [0.2, 0.25) is 5.91 Å². The average Bonchev–Trinajstić information content (AvgIpc) is 2.26. The molecular formula is C12H23N3O3. The van der Waals surface area contributed by atoms with E-state index in [1.807, 2.05) is 20.8 Å². The highest BCUT2D eigenvalue weighted by molar-refractivity contribution is 5.75.